The summed E-state index contributed by atoms with van der Waals surface area (Å²) in [6.07, 6.45) is 1.89. The maximum atomic E-state index is 5.41. The lowest BCUT2D eigenvalue weighted by Gasteiger charge is -2.08. The Kier molecular flexibility index (Phi) is 3.05. The second-order valence-corrected chi connectivity index (χ2v) is 2.86. The number of pyridine rings is 1. The highest BCUT2D eigenvalue weighted by atomic mass is 16.5. The van der Waals surface area contributed by atoms with Crippen LogP contribution < -0.4 is 10.5 Å². The van der Waals surface area contributed by atoms with Crippen LogP contribution in [-0.4, -0.2) is 11.1 Å². The number of nitrogens with zero attached hydrogens (tertiary/aromatic N) is 1. The molecular weight excluding hydrogens is 152 g/mol. The van der Waals surface area contributed by atoms with Crippen molar-refractivity contribution in [2.24, 2.45) is 5.73 Å². The number of aromatic nitrogens is 1. The predicted octanol–water partition coefficient (Wildman–Crippen LogP) is 1.33. The zero-order valence-electron chi connectivity index (χ0n) is 7.45. The van der Waals surface area contributed by atoms with Crippen LogP contribution >= 0.6 is 0 Å². The first-order chi connectivity index (χ1) is 5.72. The van der Waals surface area contributed by atoms with E-state index in [4.69, 9.17) is 10.5 Å². The third kappa shape index (κ3) is 2.51. The quantitative estimate of drug-likeness (QED) is 0.736. The van der Waals surface area contributed by atoms with Crippen LogP contribution in [0.15, 0.2) is 18.3 Å². The first-order valence-electron chi connectivity index (χ1n) is 4.04. The van der Waals surface area contributed by atoms with Gasteiger partial charge in [0.1, 0.15) is 5.75 Å². The summed E-state index contributed by atoms with van der Waals surface area (Å²) in [6, 6.07) is 3.76. The third-order valence-corrected chi connectivity index (χ3v) is 1.38. The van der Waals surface area contributed by atoms with Gasteiger partial charge in [-0.1, -0.05) is 0 Å². The highest BCUT2D eigenvalue weighted by Gasteiger charge is 1.97. The van der Waals surface area contributed by atoms with E-state index in [1.165, 1.54) is 0 Å². The molecule has 0 atom stereocenters. The van der Waals surface area contributed by atoms with Crippen molar-refractivity contribution >= 4 is 0 Å². The molecule has 12 heavy (non-hydrogen) atoms. The summed E-state index contributed by atoms with van der Waals surface area (Å²) in [5, 5.41) is 0. The van der Waals surface area contributed by atoms with Gasteiger partial charge in [0, 0.05) is 6.54 Å². The first kappa shape index (κ1) is 9.00. The minimum atomic E-state index is 0.190. The molecule has 0 aliphatic heterocycles. The number of hydrogen-bond acceptors (Lipinski definition) is 3. The smallest absolute Gasteiger partial charge is 0.137 e. The van der Waals surface area contributed by atoms with E-state index in [0.29, 0.717) is 6.54 Å². The Morgan fingerprint density at radius 2 is 2.25 bits per heavy atom. The molecule has 66 valence electrons. The molecule has 0 amide bonds. The SMILES string of the molecule is CC(C)Oc1ccc(CN)nc1. The van der Waals surface area contributed by atoms with Crippen LogP contribution in [0, 0.1) is 0 Å². The second kappa shape index (κ2) is 4.07. The molecule has 0 fully saturated rings. The fourth-order valence-electron chi connectivity index (χ4n) is 0.874. The number of rotatable bonds is 3. The van der Waals surface area contributed by atoms with Gasteiger partial charge in [0.15, 0.2) is 0 Å². The molecular formula is C9H14N2O. The summed E-state index contributed by atoms with van der Waals surface area (Å²) in [6.45, 7) is 4.44. The number of ether oxygens (including phenoxy) is 1. The van der Waals surface area contributed by atoms with Gasteiger partial charge in [-0.15, -0.1) is 0 Å². The van der Waals surface area contributed by atoms with Crippen molar-refractivity contribution in [1.29, 1.82) is 0 Å². The molecule has 0 spiro atoms. The van der Waals surface area contributed by atoms with Gasteiger partial charge in [0.05, 0.1) is 18.0 Å². The Morgan fingerprint density at radius 3 is 2.67 bits per heavy atom. The van der Waals surface area contributed by atoms with E-state index in [1.54, 1.807) is 6.20 Å². The molecule has 3 nitrogen and oxygen atoms in total. The molecule has 1 heterocycles. The van der Waals surface area contributed by atoms with E-state index in [1.807, 2.05) is 26.0 Å². The molecule has 1 rings (SSSR count). The van der Waals surface area contributed by atoms with E-state index >= 15 is 0 Å². The average molecular weight is 166 g/mol. The summed E-state index contributed by atoms with van der Waals surface area (Å²) in [4.78, 5) is 4.10. The third-order valence-electron chi connectivity index (χ3n) is 1.38. The molecule has 1 aromatic heterocycles. The summed E-state index contributed by atoms with van der Waals surface area (Å²) in [5.41, 5.74) is 6.28. The van der Waals surface area contributed by atoms with E-state index < -0.39 is 0 Å². The van der Waals surface area contributed by atoms with Crippen LogP contribution in [-0.2, 0) is 6.54 Å². The minimum Gasteiger partial charge on any atom is -0.489 e. The van der Waals surface area contributed by atoms with Gasteiger partial charge in [-0.25, -0.2) is 0 Å². The van der Waals surface area contributed by atoms with Gasteiger partial charge in [0.2, 0.25) is 0 Å². The minimum absolute atomic E-state index is 0.190. The molecule has 0 saturated heterocycles. The van der Waals surface area contributed by atoms with E-state index in [9.17, 15) is 0 Å². The highest BCUT2D eigenvalue weighted by Crippen LogP contribution is 2.10. The molecule has 2 N–H and O–H groups in total. The van der Waals surface area contributed by atoms with Gasteiger partial charge >= 0.3 is 0 Å². The van der Waals surface area contributed by atoms with Crippen LogP contribution in [0.2, 0.25) is 0 Å². The highest BCUT2D eigenvalue weighted by molar-refractivity contribution is 5.19. The van der Waals surface area contributed by atoms with Crippen LogP contribution in [0.3, 0.4) is 0 Å². The van der Waals surface area contributed by atoms with Gasteiger partial charge in [0.25, 0.3) is 0 Å². The largest absolute Gasteiger partial charge is 0.489 e. The van der Waals surface area contributed by atoms with Crippen molar-refractivity contribution < 1.29 is 4.74 Å². The van der Waals surface area contributed by atoms with E-state index in [0.717, 1.165) is 11.4 Å². The van der Waals surface area contributed by atoms with Crippen LogP contribution in [0.1, 0.15) is 19.5 Å². The first-order valence-corrected chi connectivity index (χ1v) is 4.04. The predicted molar refractivity (Wildman–Crippen MR) is 47.9 cm³/mol. The van der Waals surface area contributed by atoms with Gasteiger partial charge in [-0.2, -0.15) is 0 Å². The van der Waals surface area contributed by atoms with Crippen molar-refractivity contribution in [3.05, 3.63) is 24.0 Å². The Labute approximate surface area is 72.6 Å². The molecule has 0 saturated carbocycles. The summed E-state index contributed by atoms with van der Waals surface area (Å²) < 4.78 is 5.41. The van der Waals surface area contributed by atoms with Gasteiger partial charge in [-0.05, 0) is 26.0 Å². The Balaban J connectivity index is 2.65. The standard InChI is InChI=1S/C9H14N2O/c1-7(2)12-9-4-3-8(5-10)11-6-9/h3-4,6-7H,5,10H2,1-2H3. The maximum absolute atomic E-state index is 5.41. The van der Waals surface area contributed by atoms with Crippen molar-refractivity contribution in [2.75, 3.05) is 0 Å². The van der Waals surface area contributed by atoms with Crippen molar-refractivity contribution in [3.8, 4) is 5.75 Å². The lowest BCUT2D eigenvalue weighted by atomic mass is 10.3. The van der Waals surface area contributed by atoms with Crippen molar-refractivity contribution in [3.63, 3.8) is 0 Å². The molecule has 0 unspecified atom stereocenters. The molecule has 0 radical (unpaired) electrons. The Morgan fingerprint density at radius 1 is 1.50 bits per heavy atom. The number of nitrogens with two attached hydrogens (primary N) is 1. The van der Waals surface area contributed by atoms with Crippen LogP contribution in [0.5, 0.6) is 5.75 Å². The monoisotopic (exact) mass is 166 g/mol. The molecule has 0 aromatic carbocycles. The molecule has 3 heteroatoms. The summed E-state index contributed by atoms with van der Waals surface area (Å²) in [7, 11) is 0. The molecule has 1 aromatic rings. The molecule has 0 bridgehead atoms. The van der Waals surface area contributed by atoms with Crippen LogP contribution in [0.4, 0.5) is 0 Å². The summed E-state index contributed by atoms with van der Waals surface area (Å²) in [5.74, 6) is 0.794. The maximum Gasteiger partial charge on any atom is 0.137 e. The topological polar surface area (TPSA) is 48.1 Å². The van der Waals surface area contributed by atoms with Crippen molar-refractivity contribution in [1.82, 2.24) is 4.98 Å². The van der Waals surface area contributed by atoms with E-state index in [-0.39, 0.29) is 6.10 Å². The van der Waals surface area contributed by atoms with Gasteiger partial charge < -0.3 is 10.5 Å². The Bertz CT molecular complexity index is 231. The zero-order valence-corrected chi connectivity index (χ0v) is 7.45. The number of hydrogen-bond donors (Lipinski definition) is 1. The fourth-order valence-corrected chi connectivity index (χ4v) is 0.874. The van der Waals surface area contributed by atoms with Crippen LogP contribution in [0.25, 0.3) is 0 Å². The zero-order chi connectivity index (χ0) is 8.97. The lowest BCUT2D eigenvalue weighted by Crippen LogP contribution is -2.06. The normalized spacial score (nSPS) is 10.3. The lowest BCUT2D eigenvalue weighted by molar-refractivity contribution is 0.241. The van der Waals surface area contributed by atoms with Crippen molar-refractivity contribution in [2.45, 2.75) is 26.5 Å². The summed E-state index contributed by atoms with van der Waals surface area (Å²) >= 11 is 0. The van der Waals surface area contributed by atoms with E-state index in [2.05, 4.69) is 4.98 Å². The molecule has 0 aliphatic rings. The second-order valence-electron chi connectivity index (χ2n) is 2.86. The molecule has 0 aliphatic carbocycles. The van der Waals surface area contributed by atoms with Gasteiger partial charge in [-0.3, -0.25) is 4.98 Å². The fraction of sp³-hybridized carbons (Fsp3) is 0.444. The average Bonchev–Trinajstić information content (AvgIpc) is 2.05. The Hall–Kier alpha value is -1.09.